The van der Waals surface area contributed by atoms with Crippen LogP contribution in [0.25, 0.3) is 0 Å². The Kier molecular flexibility index (Phi) is 11.2. The lowest BCUT2D eigenvalue weighted by Crippen LogP contribution is -2.37. The first-order chi connectivity index (χ1) is 17.9. The number of benzene rings is 1. The Morgan fingerprint density at radius 2 is 1.13 bits per heavy atom. The molecule has 1 unspecified atom stereocenters. The Morgan fingerprint density at radius 3 is 1.61 bits per heavy atom. The van der Waals surface area contributed by atoms with Gasteiger partial charge in [0.25, 0.3) is 0 Å². The number of ether oxygens (including phenoxy) is 4. The van der Waals surface area contributed by atoms with Crippen molar-refractivity contribution in [3.8, 4) is 0 Å². The Morgan fingerprint density at radius 1 is 0.711 bits per heavy atom. The minimum Gasteiger partial charge on any atom is -0.433 e. The van der Waals surface area contributed by atoms with Crippen molar-refractivity contribution in [3.63, 3.8) is 0 Å². The SMILES string of the molecule is CC(O)C(=O)OC(=O)c1ccc(C(=O)OC(=O)CCC(=O)OC(=O)CCC(=O)OC2(O)CCCCC2)cc1. The number of carbonyl (C=O) groups excluding carboxylic acids is 7. The molecule has 0 heterocycles. The molecular weight excluding hydrogens is 508 g/mol. The Labute approximate surface area is 217 Å². The highest BCUT2D eigenvalue weighted by atomic mass is 16.7. The number of hydrogen-bond acceptors (Lipinski definition) is 13. The van der Waals surface area contributed by atoms with Gasteiger partial charge in [-0.1, -0.05) is 6.42 Å². The standard InChI is InChI=1S/C25H28O13/c1-15(26)22(31)37-24(33)17-7-5-16(6-8-17)23(32)36-20(29)10-9-18(27)35-19(28)11-12-21(30)38-25(34)13-3-2-4-14-25/h5-8,15,26,34H,2-4,9-14H2,1H3. The molecule has 0 aliphatic heterocycles. The zero-order valence-corrected chi connectivity index (χ0v) is 20.6. The largest absolute Gasteiger partial charge is 0.433 e. The maximum atomic E-state index is 12.1. The van der Waals surface area contributed by atoms with E-state index in [1.807, 2.05) is 0 Å². The number of rotatable bonds is 10. The third kappa shape index (κ3) is 10.2. The van der Waals surface area contributed by atoms with E-state index in [0.29, 0.717) is 25.7 Å². The van der Waals surface area contributed by atoms with Crippen molar-refractivity contribution in [2.24, 2.45) is 0 Å². The average molecular weight is 536 g/mol. The van der Waals surface area contributed by atoms with Crippen molar-refractivity contribution in [1.29, 1.82) is 0 Å². The summed E-state index contributed by atoms with van der Waals surface area (Å²) >= 11 is 0. The molecule has 1 aliphatic rings. The van der Waals surface area contributed by atoms with Crippen molar-refractivity contribution < 1.29 is 62.7 Å². The van der Waals surface area contributed by atoms with Crippen LogP contribution < -0.4 is 0 Å². The number of hydrogen-bond donors (Lipinski definition) is 2. The second-order valence-corrected chi connectivity index (χ2v) is 8.55. The van der Waals surface area contributed by atoms with Gasteiger partial charge in [0.2, 0.25) is 5.79 Å². The summed E-state index contributed by atoms with van der Waals surface area (Å²) in [7, 11) is 0. The van der Waals surface area contributed by atoms with E-state index in [4.69, 9.17) is 9.84 Å². The zero-order valence-electron chi connectivity index (χ0n) is 20.6. The molecule has 2 rings (SSSR count). The number of carbonyl (C=O) groups is 7. The summed E-state index contributed by atoms with van der Waals surface area (Å²) in [4.78, 5) is 82.3. The fourth-order valence-electron chi connectivity index (χ4n) is 3.30. The first-order valence-electron chi connectivity index (χ1n) is 11.9. The lowest BCUT2D eigenvalue weighted by Gasteiger charge is -2.31. The summed E-state index contributed by atoms with van der Waals surface area (Å²) in [5.41, 5.74) is -0.230. The van der Waals surface area contributed by atoms with Gasteiger partial charge in [-0.15, -0.1) is 0 Å². The molecule has 0 saturated heterocycles. The van der Waals surface area contributed by atoms with Crippen LogP contribution in [0.2, 0.25) is 0 Å². The summed E-state index contributed by atoms with van der Waals surface area (Å²) in [6, 6.07) is 4.52. The number of aliphatic hydroxyl groups excluding tert-OH is 1. The first-order valence-corrected chi connectivity index (χ1v) is 11.9. The molecule has 0 radical (unpaired) electrons. The Balaban J connectivity index is 1.69. The second kappa shape index (κ2) is 14.1. The highest BCUT2D eigenvalue weighted by molar-refractivity contribution is 6.00. The van der Waals surface area contributed by atoms with Crippen molar-refractivity contribution in [3.05, 3.63) is 35.4 Å². The van der Waals surface area contributed by atoms with Crippen molar-refractivity contribution in [2.75, 3.05) is 0 Å². The topological polar surface area (TPSA) is 197 Å². The molecule has 1 aromatic carbocycles. The molecule has 1 saturated carbocycles. The minimum absolute atomic E-state index is 0.104. The predicted octanol–water partition coefficient (Wildman–Crippen LogP) is 1.26. The molecule has 1 atom stereocenters. The Bertz CT molecular complexity index is 1070. The fraction of sp³-hybridized carbons (Fsp3) is 0.480. The molecule has 0 spiro atoms. The van der Waals surface area contributed by atoms with Gasteiger partial charge in [-0.25, -0.2) is 14.4 Å². The van der Waals surface area contributed by atoms with Crippen LogP contribution in [0.4, 0.5) is 0 Å². The van der Waals surface area contributed by atoms with Crippen LogP contribution in [0.1, 0.15) is 85.4 Å². The average Bonchev–Trinajstić information content (AvgIpc) is 2.86. The van der Waals surface area contributed by atoms with Gasteiger partial charge in [0.05, 0.1) is 36.8 Å². The summed E-state index contributed by atoms with van der Waals surface area (Å²) in [6.07, 6.45) is -0.559. The number of esters is 7. The van der Waals surface area contributed by atoms with Gasteiger partial charge in [0.1, 0.15) is 6.10 Å². The maximum Gasteiger partial charge on any atom is 0.345 e. The second-order valence-electron chi connectivity index (χ2n) is 8.55. The van der Waals surface area contributed by atoms with Gasteiger partial charge in [0, 0.05) is 12.8 Å². The third-order valence-corrected chi connectivity index (χ3v) is 5.33. The van der Waals surface area contributed by atoms with E-state index >= 15 is 0 Å². The van der Waals surface area contributed by atoms with Crippen LogP contribution >= 0.6 is 0 Å². The van der Waals surface area contributed by atoms with Crippen molar-refractivity contribution in [2.45, 2.75) is 76.6 Å². The van der Waals surface area contributed by atoms with Gasteiger partial charge in [0.15, 0.2) is 0 Å². The van der Waals surface area contributed by atoms with Gasteiger partial charge in [-0.2, -0.15) is 0 Å². The molecule has 0 amide bonds. The van der Waals surface area contributed by atoms with E-state index < -0.39 is 79.4 Å². The highest BCUT2D eigenvalue weighted by Crippen LogP contribution is 2.29. The van der Waals surface area contributed by atoms with Crippen LogP contribution in [0.3, 0.4) is 0 Å². The lowest BCUT2D eigenvalue weighted by molar-refractivity contribution is -0.220. The van der Waals surface area contributed by atoms with Crippen LogP contribution in [0, 0.1) is 0 Å². The normalized spacial score (nSPS) is 14.9. The Hall–Kier alpha value is -3.97. The molecule has 13 heteroatoms. The van der Waals surface area contributed by atoms with E-state index in [0.717, 1.165) is 37.6 Å². The number of aliphatic hydroxyl groups is 2. The molecule has 38 heavy (non-hydrogen) atoms. The van der Waals surface area contributed by atoms with Gasteiger partial charge in [-0.05, 0) is 44.0 Å². The molecule has 1 aromatic rings. The van der Waals surface area contributed by atoms with Gasteiger partial charge >= 0.3 is 41.8 Å². The highest BCUT2D eigenvalue weighted by Gasteiger charge is 2.33. The molecular formula is C25H28O13. The molecule has 0 aromatic heterocycles. The van der Waals surface area contributed by atoms with Crippen molar-refractivity contribution >= 4 is 41.8 Å². The molecule has 13 nitrogen and oxygen atoms in total. The van der Waals surface area contributed by atoms with E-state index in [1.54, 1.807) is 0 Å². The summed E-state index contributed by atoms with van der Waals surface area (Å²) in [5.74, 6) is -8.83. The quantitative estimate of drug-likeness (QED) is 0.188. The van der Waals surface area contributed by atoms with Crippen LogP contribution in [0.15, 0.2) is 24.3 Å². The molecule has 206 valence electrons. The van der Waals surface area contributed by atoms with E-state index in [-0.39, 0.29) is 11.1 Å². The summed E-state index contributed by atoms with van der Waals surface area (Å²) in [5, 5.41) is 19.2. The molecule has 2 N–H and O–H groups in total. The summed E-state index contributed by atoms with van der Waals surface area (Å²) < 4.78 is 18.5. The maximum absolute atomic E-state index is 12.1. The van der Waals surface area contributed by atoms with Gasteiger partial charge in [-0.3, -0.25) is 19.2 Å². The van der Waals surface area contributed by atoms with Crippen LogP contribution in [-0.4, -0.2) is 63.9 Å². The zero-order chi connectivity index (χ0) is 28.3. The van der Waals surface area contributed by atoms with Crippen LogP contribution in [-0.2, 0) is 42.9 Å². The lowest BCUT2D eigenvalue weighted by atomic mass is 9.94. The van der Waals surface area contributed by atoms with E-state index in [1.165, 1.54) is 0 Å². The van der Waals surface area contributed by atoms with E-state index in [2.05, 4.69) is 14.2 Å². The van der Waals surface area contributed by atoms with Crippen molar-refractivity contribution in [1.82, 2.24) is 0 Å². The third-order valence-electron chi connectivity index (χ3n) is 5.33. The smallest absolute Gasteiger partial charge is 0.345 e. The molecule has 0 bridgehead atoms. The molecule has 1 fully saturated rings. The first kappa shape index (κ1) is 30.3. The summed E-state index contributed by atoms with van der Waals surface area (Å²) in [6.45, 7) is 1.12. The monoisotopic (exact) mass is 536 g/mol. The predicted molar refractivity (Wildman–Crippen MR) is 123 cm³/mol. The molecule has 1 aliphatic carbocycles. The van der Waals surface area contributed by atoms with Crippen LogP contribution in [0.5, 0.6) is 0 Å². The van der Waals surface area contributed by atoms with Gasteiger partial charge < -0.3 is 29.2 Å². The fourth-order valence-corrected chi connectivity index (χ4v) is 3.30. The minimum atomic E-state index is -1.54. The van der Waals surface area contributed by atoms with E-state index in [9.17, 15) is 38.7 Å².